The zero-order chi connectivity index (χ0) is 14.3. The zero-order valence-corrected chi connectivity index (χ0v) is 13.2. The molecular formula is C18H27NO. The van der Waals surface area contributed by atoms with Gasteiger partial charge in [0.25, 0.3) is 0 Å². The highest BCUT2D eigenvalue weighted by Gasteiger charge is 2.35. The molecule has 1 saturated carbocycles. The number of nitrogens with one attached hydrogen (secondary N) is 1. The van der Waals surface area contributed by atoms with Crippen LogP contribution in [0.25, 0.3) is 0 Å². The Labute approximate surface area is 122 Å². The Morgan fingerprint density at radius 3 is 2.75 bits per heavy atom. The first-order valence-corrected chi connectivity index (χ1v) is 7.97. The van der Waals surface area contributed by atoms with E-state index in [2.05, 4.69) is 51.3 Å². The predicted molar refractivity (Wildman–Crippen MR) is 83.3 cm³/mol. The SMILES string of the molecule is CNC(c1ccc2c(c1)C(C)(C)CO2)C1CCCC1C. The zero-order valence-electron chi connectivity index (χ0n) is 13.2. The largest absolute Gasteiger partial charge is 0.492 e. The van der Waals surface area contributed by atoms with E-state index in [0.717, 1.165) is 24.2 Å². The third-order valence-electron chi connectivity index (χ3n) is 5.35. The van der Waals surface area contributed by atoms with Crippen LogP contribution in [-0.4, -0.2) is 13.7 Å². The molecule has 0 amide bonds. The standard InChI is InChI=1S/C18H27NO/c1-12-6-5-7-14(12)17(19-4)13-8-9-16-15(10-13)18(2,3)11-20-16/h8-10,12,14,17,19H,5-7,11H2,1-4H3. The van der Waals surface area contributed by atoms with Crippen molar-refractivity contribution in [3.05, 3.63) is 29.3 Å². The van der Waals surface area contributed by atoms with Crippen LogP contribution >= 0.6 is 0 Å². The van der Waals surface area contributed by atoms with Gasteiger partial charge in [-0.3, -0.25) is 0 Å². The van der Waals surface area contributed by atoms with Crippen LogP contribution < -0.4 is 10.1 Å². The molecule has 1 aromatic carbocycles. The fourth-order valence-corrected chi connectivity index (χ4v) is 4.03. The molecule has 1 aliphatic heterocycles. The molecular weight excluding hydrogens is 246 g/mol. The first-order valence-electron chi connectivity index (χ1n) is 7.97. The lowest BCUT2D eigenvalue weighted by Crippen LogP contribution is -2.27. The summed E-state index contributed by atoms with van der Waals surface area (Å²) in [6, 6.07) is 7.29. The monoisotopic (exact) mass is 273 g/mol. The van der Waals surface area contributed by atoms with Gasteiger partial charge in [0.15, 0.2) is 0 Å². The lowest BCUT2D eigenvalue weighted by molar-refractivity contribution is 0.291. The summed E-state index contributed by atoms with van der Waals surface area (Å²) >= 11 is 0. The van der Waals surface area contributed by atoms with E-state index in [0.29, 0.717) is 6.04 Å². The summed E-state index contributed by atoms with van der Waals surface area (Å²) in [5.74, 6) is 2.67. The molecule has 1 fully saturated rings. The Morgan fingerprint density at radius 2 is 2.10 bits per heavy atom. The number of benzene rings is 1. The van der Waals surface area contributed by atoms with Crippen molar-refractivity contribution in [3.63, 3.8) is 0 Å². The van der Waals surface area contributed by atoms with Gasteiger partial charge in [-0.25, -0.2) is 0 Å². The van der Waals surface area contributed by atoms with Crippen LogP contribution in [-0.2, 0) is 5.41 Å². The Morgan fingerprint density at radius 1 is 1.30 bits per heavy atom. The van der Waals surface area contributed by atoms with Gasteiger partial charge in [0.2, 0.25) is 0 Å². The smallest absolute Gasteiger partial charge is 0.123 e. The van der Waals surface area contributed by atoms with Crippen LogP contribution in [0.5, 0.6) is 5.75 Å². The van der Waals surface area contributed by atoms with Crippen LogP contribution in [0.3, 0.4) is 0 Å². The van der Waals surface area contributed by atoms with Crippen LogP contribution in [0.15, 0.2) is 18.2 Å². The number of fused-ring (bicyclic) bond motifs is 1. The number of rotatable bonds is 3. The van der Waals surface area contributed by atoms with Crippen molar-refractivity contribution in [3.8, 4) is 5.75 Å². The van der Waals surface area contributed by atoms with E-state index in [1.54, 1.807) is 0 Å². The van der Waals surface area contributed by atoms with Gasteiger partial charge in [-0.2, -0.15) is 0 Å². The second-order valence-electron chi connectivity index (χ2n) is 7.27. The van der Waals surface area contributed by atoms with Crippen LogP contribution in [0, 0.1) is 11.8 Å². The van der Waals surface area contributed by atoms with Gasteiger partial charge >= 0.3 is 0 Å². The molecule has 1 heterocycles. The van der Waals surface area contributed by atoms with Crippen molar-refractivity contribution < 1.29 is 4.74 Å². The lowest BCUT2D eigenvalue weighted by atomic mass is 9.82. The lowest BCUT2D eigenvalue weighted by Gasteiger charge is -2.28. The van der Waals surface area contributed by atoms with Crippen molar-refractivity contribution in [1.82, 2.24) is 5.32 Å². The predicted octanol–water partition coefficient (Wildman–Crippen LogP) is 4.05. The third-order valence-corrected chi connectivity index (χ3v) is 5.35. The first-order chi connectivity index (χ1) is 9.53. The van der Waals surface area contributed by atoms with Gasteiger partial charge in [-0.05, 0) is 43.0 Å². The molecule has 0 aromatic heterocycles. The van der Waals surface area contributed by atoms with Gasteiger partial charge < -0.3 is 10.1 Å². The summed E-state index contributed by atoms with van der Waals surface area (Å²) in [7, 11) is 2.10. The molecule has 0 bridgehead atoms. The molecule has 0 radical (unpaired) electrons. The molecule has 2 nitrogen and oxygen atoms in total. The van der Waals surface area contributed by atoms with Crippen molar-refractivity contribution in [2.24, 2.45) is 11.8 Å². The highest BCUT2D eigenvalue weighted by molar-refractivity contribution is 5.46. The Balaban J connectivity index is 1.93. The highest BCUT2D eigenvalue weighted by Crippen LogP contribution is 2.43. The second-order valence-corrected chi connectivity index (χ2v) is 7.27. The molecule has 3 atom stereocenters. The minimum Gasteiger partial charge on any atom is -0.492 e. The molecule has 2 heteroatoms. The topological polar surface area (TPSA) is 21.3 Å². The highest BCUT2D eigenvalue weighted by atomic mass is 16.5. The van der Waals surface area contributed by atoms with Crippen molar-refractivity contribution in [2.45, 2.75) is 51.5 Å². The summed E-state index contributed by atoms with van der Waals surface area (Å²) in [4.78, 5) is 0. The van der Waals surface area contributed by atoms with Crippen molar-refractivity contribution in [1.29, 1.82) is 0 Å². The minimum absolute atomic E-state index is 0.144. The fourth-order valence-electron chi connectivity index (χ4n) is 4.03. The molecule has 1 aliphatic carbocycles. The quantitative estimate of drug-likeness (QED) is 0.897. The molecule has 1 aromatic rings. The van der Waals surface area contributed by atoms with E-state index in [1.165, 1.54) is 30.4 Å². The Bertz CT molecular complexity index is 494. The van der Waals surface area contributed by atoms with Gasteiger partial charge in [0.05, 0.1) is 6.61 Å². The third kappa shape index (κ3) is 2.24. The van der Waals surface area contributed by atoms with Gasteiger partial charge in [0.1, 0.15) is 5.75 Å². The molecule has 110 valence electrons. The second kappa shape index (κ2) is 5.07. The average Bonchev–Trinajstić information content (AvgIpc) is 2.96. The number of hydrogen-bond acceptors (Lipinski definition) is 2. The molecule has 0 saturated heterocycles. The summed E-state index contributed by atoms with van der Waals surface area (Å²) < 4.78 is 5.81. The van der Waals surface area contributed by atoms with Crippen LogP contribution in [0.1, 0.15) is 57.2 Å². The summed E-state index contributed by atoms with van der Waals surface area (Å²) in [6.07, 6.45) is 4.11. The van der Waals surface area contributed by atoms with E-state index < -0.39 is 0 Å². The van der Waals surface area contributed by atoms with E-state index in [1.807, 2.05) is 0 Å². The average molecular weight is 273 g/mol. The number of ether oxygens (including phenoxy) is 1. The maximum Gasteiger partial charge on any atom is 0.123 e. The van der Waals surface area contributed by atoms with Gasteiger partial charge in [-0.15, -0.1) is 0 Å². The molecule has 3 rings (SSSR count). The maximum absolute atomic E-state index is 5.81. The summed E-state index contributed by atoms with van der Waals surface area (Å²) in [5, 5.41) is 3.57. The van der Waals surface area contributed by atoms with E-state index in [9.17, 15) is 0 Å². The molecule has 1 N–H and O–H groups in total. The molecule has 20 heavy (non-hydrogen) atoms. The summed E-state index contributed by atoms with van der Waals surface area (Å²) in [6.45, 7) is 7.75. The van der Waals surface area contributed by atoms with Crippen LogP contribution in [0.2, 0.25) is 0 Å². The first kappa shape index (κ1) is 13.9. The fraction of sp³-hybridized carbons (Fsp3) is 0.667. The van der Waals surface area contributed by atoms with E-state index >= 15 is 0 Å². The van der Waals surface area contributed by atoms with Gasteiger partial charge in [-0.1, -0.05) is 39.7 Å². The van der Waals surface area contributed by atoms with Crippen LogP contribution in [0.4, 0.5) is 0 Å². The normalized spacial score (nSPS) is 29.0. The Kier molecular flexibility index (Phi) is 3.53. The molecule has 3 unspecified atom stereocenters. The Hall–Kier alpha value is -1.02. The maximum atomic E-state index is 5.81. The van der Waals surface area contributed by atoms with E-state index in [4.69, 9.17) is 4.74 Å². The van der Waals surface area contributed by atoms with Gasteiger partial charge in [0, 0.05) is 17.0 Å². The number of hydrogen-bond donors (Lipinski definition) is 1. The molecule has 0 spiro atoms. The summed E-state index contributed by atoms with van der Waals surface area (Å²) in [5.41, 5.74) is 2.95. The minimum atomic E-state index is 0.144. The van der Waals surface area contributed by atoms with E-state index in [-0.39, 0.29) is 5.41 Å². The van der Waals surface area contributed by atoms with Crippen molar-refractivity contribution in [2.75, 3.05) is 13.7 Å². The van der Waals surface area contributed by atoms with Crippen molar-refractivity contribution >= 4 is 0 Å². The molecule has 2 aliphatic rings.